The van der Waals surface area contributed by atoms with E-state index in [1.807, 2.05) is 66.7 Å². The van der Waals surface area contributed by atoms with Gasteiger partial charge in [-0.1, -0.05) is 54.6 Å². The number of hydrogen-bond acceptors (Lipinski definition) is 4. The van der Waals surface area contributed by atoms with Gasteiger partial charge in [-0.3, -0.25) is 9.69 Å². The molecule has 3 N–H and O–H groups in total. The number of rotatable bonds is 4. The molecule has 0 radical (unpaired) electrons. The van der Waals surface area contributed by atoms with E-state index in [1.165, 1.54) is 4.90 Å². The highest BCUT2D eigenvalue weighted by Crippen LogP contribution is 2.43. The molecule has 5 rings (SSSR count). The minimum atomic E-state index is -1.57. The minimum absolute atomic E-state index is 0.187. The number of aliphatic hydroxyl groups is 1. The van der Waals surface area contributed by atoms with Gasteiger partial charge in [-0.25, -0.2) is 4.98 Å². The molecule has 0 fully saturated rings. The molecule has 1 amide bonds. The Balaban J connectivity index is 1.68. The van der Waals surface area contributed by atoms with Gasteiger partial charge in [0.2, 0.25) is 5.95 Å². The van der Waals surface area contributed by atoms with Crippen molar-refractivity contribution in [1.29, 1.82) is 0 Å². The van der Waals surface area contributed by atoms with Crippen molar-refractivity contribution in [1.82, 2.24) is 14.9 Å². The van der Waals surface area contributed by atoms with Gasteiger partial charge in [0, 0.05) is 30.3 Å². The first-order valence-electron chi connectivity index (χ1n) is 9.47. The second-order valence-electron chi connectivity index (χ2n) is 7.16. The molecule has 0 aliphatic carbocycles. The first-order valence-corrected chi connectivity index (χ1v) is 9.47. The van der Waals surface area contributed by atoms with Crippen LogP contribution in [0.3, 0.4) is 0 Å². The van der Waals surface area contributed by atoms with E-state index in [4.69, 9.17) is 0 Å². The molecule has 1 unspecified atom stereocenters. The summed E-state index contributed by atoms with van der Waals surface area (Å²) in [6.07, 6.45) is 0. The second-order valence-corrected chi connectivity index (χ2v) is 7.16. The van der Waals surface area contributed by atoms with Crippen LogP contribution in [0.25, 0.3) is 11.0 Å². The molecular formula is C23H20N4O2. The number of hydrogen-bond donors (Lipinski definition) is 3. The molecular weight excluding hydrogens is 364 g/mol. The van der Waals surface area contributed by atoms with Crippen molar-refractivity contribution in [3.8, 4) is 0 Å². The molecule has 1 atom stereocenters. The number of nitrogens with zero attached hydrogens (tertiary/aromatic N) is 2. The van der Waals surface area contributed by atoms with Gasteiger partial charge in [-0.2, -0.15) is 0 Å². The van der Waals surface area contributed by atoms with Crippen LogP contribution in [0.2, 0.25) is 0 Å². The number of carbonyl (C=O) groups is 1. The van der Waals surface area contributed by atoms with Gasteiger partial charge in [-0.05, 0) is 23.8 Å². The minimum Gasteiger partial charge on any atom is -0.363 e. The highest BCUT2D eigenvalue weighted by molar-refractivity contribution is 6.00. The predicted molar refractivity (Wildman–Crippen MR) is 111 cm³/mol. The fourth-order valence-electron chi connectivity index (χ4n) is 4.02. The summed E-state index contributed by atoms with van der Waals surface area (Å²) in [5.41, 5.74) is 2.69. The lowest BCUT2D eigenvalue weighted by molar-refractivity contribution is -0.0542. The molecule has 4 aromatic rings. The van der Waals surface area contributed by atoms with Gasteiger partial charge in [0.1, 0.15) is 0 Å². The van der Waals surface area contributed by atoms with Crippen molar-refractivity contribution in [2.45, 2.75) is 12.3 Å². The fourth-order valence-corrected chi connectivity index (χ4v) is 4.02. The Hall–Kier alpha value is -3.64. The molecule has 3 aromatic carbocycles. The first kappa shape index (κ1) is 17.5. The van der Waals surface area contributed by atoms with Crippen molar-refractivity contribution >= 4 is 22.9 Å². The summed E-state index contributed by atoms with van der Waals surface area (Å²) in [4.78, 5) is 22.4. The smallest absolute Gasteiger partial charge is 0.257 e. The van der Waals surface area contributed by atoms with Gasteiger partial charge in [-0.15, -0.1) is 0 Å². The number of anilines is 1. The fraction of sp³-hybridized carbons (Fsp3) is 0.130. The van der Waals surface area contributed by atoms with E-state index in [1.54, 1.807) is 13.1 Å². The molecule has 0 bridgehead atoms. The monoisotopic (exact) mass is 384 g/mol. The van der Waals surface area contributed by atoms with E-state index < -0.39 is 5.72 Å². The summed E-state index contributed by atoms with van der Waals surface area (Å²) in [6, 6.07) is 22.5. The van der Waals surface area contributed by atoms with Crippen LogP contribution < -0.4 is 5.32 Å². The first-order chi connectivity index (χ1) is 14.1. The third-order valence-corrected chi connectivity index (χ3v) is 5.47. The maximum absolute atomic E-state index is 13.2. The normalized spacial score (nSPS) is 18.3. The summed E-state index contributed by atoms with van der Waals surface area (Å²) in [5.74, 6) is 0.459. The summed E-state index contributed by atoms with van der Waals surface area (Å²) >= 11 is 0. The van der Waals surface area contributed by atoms with E-state index in [0.717, 1.165) is 16.6 Å². The maximum Gasteiger partial charge on any atom is 0.257 e. The van der Waals surface area contributed by atoms with Crippen LogP contribution >= 0.6 is 0 Å². The lowest BCUT2D eigenvalue weighted by Crippen LogP contribution is -2.44. The van der Waals surface area contributed by atoms with Crippen molar-refractivity contribution in [3.63, 3.8) is 0 Å². The zero-order valence-electron chi connectivity index (χ0n) is 15.9. The Morgan fingerprint density at radius 2 is 1.83 bits per heavy atom. The Labute approximate surface area is 167 Å². The third kappa shape index (κ3) is 2.61. The zero-order valence-corrected chi connectivity index (χ0v) is 15.9. The predicted octanol–water partition coefficient (Wildman–Crippen LogP) is 3.45. The number of nitrogens with one attached hydrogen (secondary N) is 2. The van der Waals surface area contributed by atoms with Crippen molar-refractivity contribution < 1.29 is 9.90 Å². The van der Waals surface area contributed by atoms with Gasteiger partial charge in [0.05, 0.1) is 11.0 Å². The van der Waals surface area contributed by atoms with E-state index >= 15 is 0 Å². The Morgan fingerprint density at radius 1 is 1.07 bits per heavy atom. The van der Waals surface area contributed by atoms with E-state index in [0.29, 0.717) is 29.2 Å². The molecule has 29 heavy (non-hydrogen) atoms. The van der Waals surface area contributed by atoms with Crippen LogP contribution in [-0.4, -0.2) is 32.9 Å². The van der Waals surface area contributed by atoms with Crippen LogP contribution in [-0.2, 0) is 12.3 Å². The topological polar surface area (TPSA) is 81.2 Å². The number of carbonyl (C=O) groups excluding carboxylic acids is 1. The molecule has 0 saturated heterocycles. The maximum atomic E-state index is 13.2. The molecule has 1 aromatic heterocycles. The molecule has 2 heterocycles. The van der Waals surface area contributed by atoms with Crippen LogP contribution in [0.5, 0.6) is 0 Å². The van der Waals surface area contributed by atoms with Gasteiger partial charge < -0.3 is 15.4 Å². The van der Waals surface area contributed by atoms with E-state index in [2.05, 4.69) is 15.3 Å². The number of fused-ring (bicyclic) bond motifs is 2. The molecule has 0 spiro atoms. The van der Waals surface area contributed by atoms with Crippen LogP contribution in [0, 0.1) is 0 Å². The number of aromatic amines is 1. The van der Waals surface area contributed by atoms with Gasteiger partial charge in [0.15, 0.2) is 5.72 Å². The Morgan fingerprint density at radius 3 is 2.62 bits per heavy atom. The molecule has 6 nitrogen and oxygen atoms in total. The average Bonchev–Trinajstić information content (AvgIpc) is 3.28. The highest BCUT2D eigenvalue weighted by atomic mass is 16.3. The largest absolute Gasteiger partial charge is 0.363 e. The Kier molecular flexibility index (Phi) is 3.89. The molecule has 0 saturated carbocycles. The number of benzene rings is 3. The molecule has 1 aliphatic heterocycles. The highest BCUT2D eigenvalue weighted by Gasteiger charge is 2.49. The number of H-pyrrole nitrogens is 1. The van der Waals surface area contributed by atoms with E-state index in [-0.39, 0.29) is 5.91 Å². The lowest BCUT2D eigenvalue weighted by atomic mass is 9.93. The zero-order chi connectivity index (χ0) is 20.0. The summed E-state index contributed by atoms with van der Waals surface area (Å²) in [5, 5.41) is 15.0. The molecule has 6 heteroatoms. The summed E-state index contributed by atoms with van der Waals surface area (Å²) in [6.45, 7) is 0.299. The van der Waals surface area contributed by atoms with Crippen molar-refractivity contribution in [2.75, 3.05) is 12.4 Å². The number of imidazole rings is 1. The SMILES string of the molecule is CNc1nc2ccc(C3(O)c4ccccc4C(=O)N3Cc3ccccc3)cc2[nH]1. The van der Waals surface area contributed by atoms with Crippen molar-refractivity contribution in [3.05, 3.63) is 95.1 Å². The number of aromatic nitrogens is 2. The summed E-state index contributed by atoms with van der Waals surface area (Å²) < 4.78 is 0. The lowest BCUT2D eigenvalue weighted by Gasteiger charge is -2.35. The summed E-state index contributed by atoms with van der Waals surface area (Å²) in [7, 11) is 1.79. The second kappa shape index (κ2) is 6.46. The number of amides is 1. The van der Waals surface area contributed by atoms with Crippen molar-refractivity contribution in [2.24, 2.45) is 0 Å². The Bertz CT molecular complexity index is 1220. The third-order valence-electron chi connectivity index (χ3n) is 5.47. The molecule has 144 valence electrons. The van der Waals surface area contributed by atoms with Gasteiger partial charge >= 0.3 is 0 Å². The van der Waals surface area contributed by atoms with Crippen LogP contribution in [0.1, 0.15) is 27.0 Å². The van der Waals surface area contributed by atoms with Crippen LogP contribution in [0.15, 0.2) is 72.8 Å². The van der Waals surface area contributed by atoms with Gasteiger partial charge in [0.25, 0.3) is 5.91 Å². The van der Waals surface area contributed by atoms with E-state index in [9.17, 15) is 9.90 Å². The average molecular weight is 384 g/mol. The van der Waals surface area contributed by atoms with Crippen LogP contribution in [0.4, 0.5) is 5.95 Å². The quantitative estimate of drug-likeness (QED) is 0.503. The molecule has 1 aliphatic rings. The standard InChI is InChI=1S/C23H20N4O2/c1-24-22-25-19-12-11-16(13-20(19)26-22)23(29)18-10-6-5-9-17(18)21(28)27(23)14-15-7-3-2-4-8-15/h2-13,29H,14H2,1H3,(H2,24,25,26).